The second kappa shape index (κ2) is 8.41. The maximum atomic E-state index is 12.5. The average Bonchev–Trinajstić information content (AvgIpc) is 3.12. The van der Waals surface area contributed by atoms with Crippen molar-refractivity contribution in [3.8, 4) is 11.5 Å². The van der Waals surface area contributed by atoms with Gasteiger partial charge in [0.2, 0.25) is 0 Å². The summed E-state index contributed by atoms with van der Waals surface area (Å²) in [5.41, 5.74) is 2.87. The van der Waals surface area contributed by atoms with Crippen LogP contribution < -0.4 is 20.1 Å². The van der Waals surface area contributed by atoms with Gasteiger partial charge in [0.15, 0.2) is 16.6 Å². The standard InChI is InChI=1S/C19H18BrN3O3S/c1-11-8-12(20)4-6-14(11)22-18(24)15-10-27-19(23-15)21-13-5-7-16(25-2)17(9-13)26-3/h4-10H,1-3H3,(H,21,23)(H,22,24). The summed E-state index contributed by atoms with van der Waals surface area (Å²) in [7, 11) is 3.17. The number of hydrogen-bond donors (Lipinski definition) is 2. The number of halogens is 1. The zero-order valence-corrected chi connectivity index (χ0v) is 17.4. The maximum absolute atomic E-state index is 12.5. The van der Waals surface area contributed by atoms with Gasteiger partial charge in [0.25, 0.3) is 5.91 Å². The van der Waals surface area contributed by atoms with Crippen molar-refractivity contribution >= 4 is 49.7 Å². The highest BCUT2D eigenvalue weighted by molar-refractivity contribution is 9.10. The smallest absolute Gasteiger partial charge is 0.275 e. The van der Waals surface area contributed by atoms with E-state index in [1.165, 1.54) is 11.3 Å². The van der Waals surface area contributed by atoms with E-state index in [0.717, 1.165) is 21.4 Å². The molecule has 2 N–H and O–H groups in total. The predicted octanol–water partition coefficient (Wildman–Crippen LogP) is 5.23. The highest BCUT2D eigenvalue weighted by Gasteiger charge is 2.13. The van der Waals surface area contributed by atoms with E-state index < -0.39 is 0 Å². The van der Waals surface area contributed by atoms with Crippen LogP contribution in [0.3, 0.4) is 0 Å². The monoisotopic (exact) mass is 447 g/mol. The minimum absolute atomic E-state index is 0.253. The Hall–Kier alpha value is -2.58. The molecule has 3 aromatic rings. The molecule has 1 aromatic heterocycles. The zero-order valence-electron chi connectivity index (χ0n) is 15.0. The summed E-state index contributed by atoms with van der Waals surface area (Å²) in [6.07, 6.45) is 0. The molecule has 0 saturated heterocycles. The van der Waals surface area contributed by atoms with Gasteiger partial charge in [-0.05, 0) is 42.8 Å². The average molecular weight is 448 g/mol. The van der Waals surface area contributed by atoms with Crippen LogP contribution in [0.4, 0.5) is 16.5 Å². The summed E-state index contributed by atoms with van der Waals surface area (Å²) in [5, 5.41) is 8.38. The number of anilines is 3. The van der Waals surface area contributed by atoms with Crippen LogP contribution in [0.25, 0.3) is 0 Å². The summed E-state index contributed by atoms with van der Waals surface area (Å²) in [5.74, 6) is 1.01. The van der Waals surface area contributed by atoms with Crippen LogP contribution in [0.5, 0.6) is 11.5 Å². The molecule has 0 fully saturated rings. The van der Waals surface area contributed by atoms with E-state index in [4.69, 9.17) is 9.47 Å². The molecule has 0 radical (unpaired) electrons. The Balaban J connectivity index is 1.71. The van der Waals surface area contributed by atoms with Gasteiger partial charge in [-0.25, -0.2) is 4.98 Å². The van der Waals surface area contributed by atoms with Crippen molar-refractivity contribution in [2.24, 2.45) is 0 Å². The molecule has 0 spiro atoms. The Kier molecular flexibility index (Phi) is 5.98. The molecule has 6 nitrogen and oxygen atoms in total. The van der Waals surface area contributed by atoms with Crippen molar-refractivity contribution in [3.05, 3.63) is 57.5 Å². The number of aryl methyl sites for hydroxylation is 1. The lowest BCUT2D eigenvalue weighted by Gasteiger charge is -2.09. The second-order valence-electron chi connectivity index (χ2n) is 5.65. The van der Waals surface area contributed by atoms with Gasteiger partial charge in [-0.2, -0.15) is 0 Å². The van der Waals surface area contributed by atoms with E-state index in [-0.39, 0.29) is 5.91 Å². The first-order valence-electron chi connectivity index (χ1n) is 8.02. The molecule has 2 aromatic carbocycles. The summed E-state index contributed by atoms with van der Waals surface area (Å²) >= 11 is 4.76. The number of carbonyl (C=O) groups excluding carboxylic acids is 1. The molecule has 0 aliphatic carbocycles. The first-order chi connectivity index (χ1) is 13.0. The van der Waals surface area contributed by atoms with Crippen molar-refractivity contribution < 1.29 is 14.3 Å². The zero-order chi connectivity index (χ0) is 19.4. The minimum Gasteiger partial charge on any atom is -0.493 e. The lowest BCUT2D eigenvalue weighted by molar-refractivity contribution is 0.102. The normalized spacial score (nSPS) is 10.4. The maximum Gasteiger partial charge on any atom is 0.275 e. The van der Waals surface area contributed by atoms with Crippen LogP contribution in [0, 0.1) is 6.92 Å². The fourth-order valence-electron chi connectivity index (χ4n) is 2.43. The van der Waals surface area contributed by atoms with Gasteiger partial charge in [0.1, 0.15) is 5.69 Å². The summed E-state index contributed by atoms with van der Waals surface area (Å²) in [6.45, 7) is 1.94. The minimum atomic E-state index is -0.253. The first-order valence-corrected chi connectivity index (χ1v) is 9.69. The van der Waals surface area contributed by atoms with E-state index >= 15 is 0 Å². The third-order valence-electron chi connectivity index (χ3n) is 3.81. The number of nitrogens with zero attached hydrogens (tertiary/aromatic N) is 1. The van der Waals surface area contributed by atoms with E-state index in [1.54, 1.807) is 25.7 Å². The molecule has 0 atom stereocenters. The molecule has 1 heterocycles. The van der Waals surface area contributed by atoms with Crippen molar-refractivity contribution in [2.75, 3.05) is 24.9 Å². The Labute approximate surface area is 169 Å². The number of benzene rings is 2. The van der Waals surface area contributed by atoms with E-state index in [1.807, 2.05) is 37.3 Å². The Morgan fingerprint density at radius 1 is 1.11 bits per heavy atom. The van der Waals surface area contributed by atoms with Crippen molar-refractivity contribution in [3.63, 3.8) is 0 Å². The van der Waals surface area contributed by atoms with Gasteiger partial charge in [-0.15, -0.1) is 11.3 Å². The number of aromatic nitrogens is 1. The Morgan fingerprint density at radius 2 is 1.89 bits per heavy atom. The van der Waals surface area contributed by atoms with Crippen LogP contribution in [-0.4, -0.2) is 25.1 Å². The molecule has 0 aliphatic rings. The molecule has 0 aliphatic heterocycles. The molecule has 0 bridgehead atoms. The predicted molar refractivity (Wildman–Crippen MR) is 112 cm³/mol. The number of carbonyl (C=O) groups is 1. The number of ether oxygens (including phenoxy) is 2. The van der Waals surface area contributed by atoms with Gasteiger partial charge in [-0.3, -0.25) is 4.79 Å². The van der Waals surface area contributed by atoms with Gasteiger partial charge < -0.3 is 20.1 Å². The van der Waals surface area contributed by atoms with Gasteiger partial charge >= 0.3 is 0 Å². The summed E-state index contributed by atoms with van der Waals surface area (Å²) in [6, 6.07) is 11.2. The second-order valence-corrected chi connectivity index (χ2v) is 7.42. The molecule has 0 unspecified atom stereocenters. The Morgan fingerprint density at radius 3 is 2.59 bits per heavy atom. The SMILES string of the molecule is COc1ccc(Nc2nc(C(=O)Nc3ccc(Br)cc3C)cs2)cc1OC. The van der Waals surface area contributed by atoms with Crippen LogP contribution >= 0.6 is 27.3 Å². The van der Waals surface area contributed by atoms with Crippen LogP contribution in [0.15, 0.2) is 46.3 Å². The van der Waals surface area contributed by atoms with Gasteiger partial charge in [0.05, 0.1) is 14.2 Å². The van der Waals surface area contributed by atoms with Crippen molar-refractivity contribution in [1.29, 1.82) is 0 Å². The van der Waals surface area contributed by atoms with Gasteiger partial charge in [0, 0.05) is 27.3 Å². The molecule has 140 valence electrons. The number of hydrogen-bond acceptors (Lipinski definition) is 6. The van der Waals surface area contributed by atoms with E-state index in [0.29, 0.717) is 22.3 Å². The van der Waals surface area contributed by atoms with Crippen LogP contribution in [0.2, 0.25) is 0 Å². The molecular weight excluding hydrogens is 430 g/mol. The third kappa shape index (κ3) is 4.58. The fourth-order valence-corrected chi connectivity index (χ4v) is 3.61. The number of amides is 1. The van der Waals surface area contributed by atoms with Crippen LogP contribution in [-0.2, 0) is 0 Å². The topological polar surface area (TPSA) is 72.5 Å². The molecule has 27 heavy (non-hydrogen) atoms. The molecule has 0 saturated carbocycles. The lowest BCUT2D eigenvalue weighted by atomic mass is 10.2. The summed E-state index contributed by atoms with van der Waals surface area (Å²) in [4.78, 5) is 16.8. The quantitative estimate of drug-likeness (QED) is 0.541. The Bertz CT molecular complexity index is 975. The largest absolute Gasteiger partial charge is 0.493 e. The third-order valence-corrected chi connectivity index (χ3v) is 5.06. The highest BCUT2D eigenvalue weighted by atomic mass is 79.9. The molecule has 8 heteroatoms. The fraction of sp³-hybridized carbons (Fsp3) is 0.158. The number of methoxy groups -OCH3 is 2. The number of thiazole rings is 1. The van der Waals surface area contributed by atoms with Crippen molar-refractivity contribution in [2.45, 2.75) is 6.92 Å². The van der Waals surface area contributed by atoms with Gasteiger partial charge in [-0.1, -0.05) is 15.9 Å². The van der Waals surface area contributed by atoms with Crippen LogP contribution in [0.1, 0.15) is 16.1 Å². The number of rotatable bonds is 6. The molecule has 3 rings (SSSR count). The highest BCUT2D eigenvalue weighted by Crippen LogP contribution is 2.31. The lowest BCUT2D eigenvalue weighted by Crippen LogP contribution is -2.13. The molecular formula is C19H18BrN3O3S. The number of nitrogens with one attached hydrogen (secondary N) is 2. The summed E-state index contributed by atoms with van der Waals surface area (Å²) < 4.78 is 11.5. The first kappa shape index (κ1) is 19.2. The molecule has 1 amide bonds. The van der Waals surface area contributed by atoms with E-state index in [2.05, 4.69) is 31.5 Å². The van der Waals surface area contributed by atoms with Crippen molar-refractivity contribution in [1.82, 2.24) is 4.98 Å². The van der Waals surface area contributed by atoms with E-state index in [9.17, 15) is 4.79 Å².